The molecule has 3 aromatic carbocycles. The topological polar surface area (TPSA) is 91.1 Å². The average molecular weight is 420 g/mol. The Morgan fingerprint density at radius 1 is 0.903 bits per heavy atom. The molecule has 0 unspecified atom stereocenters. The number of anilines is 1. The number of benzene rings is 3. The second-order valence-corrected chi connectivity index (χ2v) is 6.89. The second-order valence-electron chi connectivity index (χ2n) is 6.89. The molecule has 3 aromatic rings. The molecule has 8 nitrogen and oxygen atoms in total. The maximum absolute atomic E-state index is 13.1. The molecular weight excluding hydrogens is 400 g/mol. The molecule has 0 N–H and O–H groups in total. The summed E-state index contributed by atoms with van der Waals surface area (Å²) in [6.45, 7) is 0. The van der Waals surface area contributed by atoms with Crippen LogP contribution in [0.2, 0.25) is 0 Å². The smallest absolute Gasteiger partial charge is 0.271 e. The lowest BCUT2D eigenvalue weighted by Gasteiger charge is -2.46. The Bertz CT molecular complexity index is 1120. The van der Waals surface area contributed by atoms with Gasteiger partial charge in [-0.15, -0.1) is 0 Å². The van der Waals surface area contributed by atoms with Crippen molar-refractivity contribution >= 4 is 17.3 Å². The van der Waals surface area contributed by atoms with Crippen molar-refractivity contribution in [1.29, 1.82) is 0 Å². The van der Waals surface area contributed by atoms with Crippen molar-refractivity contribution in [3.05, 3.63) is 88.5 Å². The lowest BCUT2D eigenvalue weighted by atomic mass is 9.89. The summed E-state index contributed by atoms with van der Waals surface area (Å²) in [5, 5.41) is 11.2. The largest absolute Gasteiger partial charge is 0.497 e. The van der Waals surface area contributed by atoms with Gasteiger partial charge in [-0.3, -0.25) is 19.8 Å². The molecule has 0 spiro atoms. The highest BCUT2D eigenvalue weighted by atomic mass is 16.6. The lowest BCUT2D eigenvalue weighted by Crippen LogP contribution is -2.61. The molecule has 0 bridgehead atoms. The molecule has 8 heteroatoms. The van der Waals surface area contributed by atoms with Gasteiger partial charge in [0, 0.05) is 17.7 Å². The summed E-state index contributed by atoms with van der Waals surface area (Å²) in [4.78, 5) is 25.4. The molecule has 2 atom stereocenters. The van der Waals surface area contributed by atoms with Gasteiger partial charge in [0.25, 0.3) is 11.6 Å². The van der Waals surface area contributed by atoms with Gasteiger partial charge >= 0.3 is 0 Å². The predicted molar refractivity (Wildman–Crippen MR) is 114 cm³/mol. The van der Waals surface area contributed by atoms with Gasteiger partial charge in [0.05, 0.1) is 24.8 Å². The fourth-order valence-electron chi connectivity index (χ4n) is 3.64. The Labute approximate surface area is 178 Å². The molecular formula is C23H20N2O6. The van der Waals surface area contributed by atoms with E-state index >= 15 is 0 Å². The molecule has 4 rings (SSSR count). The SMILES string of the molecule is COc1ccc(O[C@H]2C(=O)N(c3cccc([N+](=O)[O-])c3)[C@H]2c2ccccc2OC)cc1. The molecule has 1 heterocycles. The van der Waals surface area contributed by atoms with Crippen LogP contribution in [0.5, 0.6) is 17.2 Å². The number of non-ortho nitro benzene ring substituents is 1. The minimum atomic E-state index is -0.816. The molecule has 0 aromatic heterocycles. The van der Waals surface area contributed by atoms with Crippen LogP contribution in [0.15, 0.2) is 72.8 Å². The summed E-state index contributed by atoms with van der Waals surface area (Å²) >= 11 is 0. The first-order valence-corrected chi connectivity index (χ1v) is 9.54. The molecule has 31 heavy (non-hydrogen) atoms. The van der Waals surface area contributed by atoms with E-state index in [1.165, 1.54) is 17.0 Å². The van der Waals surface area contributed by atoms with Gasteiger partial charge < -0.3 is 14.2 Å². The third-order valence-corrected chi connectivity index (χ3v) is 5.14. The van der Waals surface area contributed by atoms with Gasteiger partial charge in [-0.05, 0) is 36.4 Å². The van der Waals surface area contributed by atoms with E-state index in [9.17, 15) is 14.9 Å². The third-order valence-electron chi connectivity index (χ3n) is 5.14. The van der Waals surface area contributed by atoms with Crippen LogP contribution in [0.3, 0.4) is 0 Å². The van der Waals surface area contributed by atoms with Crippen molar-refractivity contribution in [2.24, 2.45) is 0 Å². The number of ether oxygens (including phenoxy) is 3. The minimum absolute atomic E-state index is 0.0939. The van der Waals surface area contributed by atoms with Crippen molar-refractivity contribution < 1.29 is 23.9 Å². The highest BCUT2D eigenvalue weighted by Gasteiger charge is 2.52. The number of nitro groups is 1. The Kier molecular flexibility index (Phi) is 5.44. The van der Waals surface area contributed by atoms with E-state index < -0.39 is 17.1 Å². The van der Waals surface area contributed by atoms with Crippen LogP contribution >= 0.6 is 0 Å². The molecule has 1 saturated heterocycles. The maximum atomic E-state index is 13.1. The van der Waals surface area contributed by atoms with Crippen molar-refractivity contribution in [2.75, 3.05) is 19.1 Å². The van der Waals surface area contributed by atoms with Gasteiger partial charge in [0.15, 0.2) is 0 Å². The molecule has 0 aliphatic carbocycles. The number of para-hydroxylation sites is 1. The number of carbonyl (C=O) groups is 1. The van der Waals surface area contributed by atoms with E-state index in [-0.39, 0.29) is 11.6 Å². The number of carbonyl (C=O) groups excluding carboxylic acids is 1. The standard InChI is InChI=1S/C23H20N2O6/c1-29-17-10-12-18(13-11-17)31-22-21(19-8-3-4-9-20(19)30-2)24(23(22)26)15-6-5-7-16(14-15)25(27)28/h3-14,21-22H,1-2H3/t21-,22+/m0/s1. The van der Waals surface area contributed by atoms with Crippen LogP contribution in [-0.4, -0.2) is 31.2 Å². The first kappa shape index (κ1) is 20.2. The predicted octanol–water partition coefficient (Wildman–Crippen LogP) is 4.15. The first-order valence-electron chi connectivity index (χ1n) is 9.54. The number of nitro benzene ring substituents is 1. The lowest BCUT2D eigenvalue weighted by molar-refractivity contribution is -0.384. The number of rotatable bonds is 7. The third kappa shape index (κ3) is 3.75. The van der Waals surface area contributed by atoms with Crippen molar-refractivity contribution in [3.63, 3.8) is 0 Å². The average Bonchev–Trinajstić information content (AvgIpc) is 2.81. The van der Waals surface area contributed by atoms with Crippen LogP contribution in [-0.2, 0) is 4.79 Å². The van der Waals surface area contributed by atoms with E-state index in [1.54, 1.807) is 56.7 Å². The summed E-state index contributed by atoms with van der Waals surface area (Å²) in [7, 11) is 3.12. The van der Waals surface area contributed by atoms with Crippen molar-refractivity contribution in [1.82, 2.24) is 0 Å². The monoisotopic (exact) mass is 420 g/mol. The Morgan fingerprint density at radius 2 is 1.61 bits per heavy atom. The molecule has 1 amide bonds. The fraction of sp³-hybridized carbons (Fsp3) is 0.174. The van der Waals surface area contributed by atoms with E-state index in [0.717, 1.165) is 5.56 Å². The van der Waals surface area contributed by atoms with E-state index in [1.807, 2.05) is 18.2 Å². The zero-order chi connectivity index (χ0) is 22.0. The van der Waals surface area contributed by atoms with Gasteiger partial charge in [0.2, 0.25) is 6.10 Å². The Balaban J connectivity index is 1.72. The van der Waals surface area contributed by atoms with Gasteiger partial charge in [-0.1, -0.05) is 24.3 Å². The highest BCUT2D eigenvalue weighted by molar-refractivity contribution is 6.05. The Morgan fingerprint density at radius 3 is 2.29 bits per heavy atom. The number of β-lactam (4-membered cyclic amide) rings is 1. The molecule has 1 fully saturated rings. The number of methoxy groups -OCH3 is 2. The number of nitrogens with zero attached hydrogens (tertiary/aromatic N) is 2. The van der Waals surface area contributed by atoms with E-state index in [0.29, 0.717) is 22.9 Å². The van der Waals surface area contributed by atoms with Crippen LogP contribution in [0.1, 0.15) is 11.6 Å². The van der Waals surface area contributed by atoms with Crippen LogP contribution in [0.4, 0.5) is 11.4 Å². The normalized spacial score (nSPS) is 17.6. The Hall–Kier alpha value is -4.07. The number of amides is 1. The first-order chi connectivity index (χ1) is 15.0. The van der Waals surface area contributed by atoms with Gasteiger partial charge in [0.1, 0.15) is 23.3 Å². The zero-order valence-corrected chi connectivity index (χ0v) is 16.9. The summed E-state index contributed by atoms with van der Waals surface area (Å²) in [5.74, 6) is 1.48. The molecule has 158 valence electrons. The molecule has 0 saturated carbocycles. The van der Waals surface area contributed by atoms with Crippen molar-refractivity contribution in [3.8, 4) is 17.2 Å². The quantitative estimate of drug-likeness (QED) is 0.324. The second kappa shape index (κ2) is 8.35. The van der Waals surface area contributed by atoms with Crippen molar-refractivity contribution in [2.45, 2.75) is 12.1 Å². The summed E-state index contributed by atoms with van der Waals surface area (Å²) in [5.41, 5.74) is 1.07. The van der Waals surface area contributed by atoms with Crippen LogP contribution in [0, 0.1) is 10.1 Å². The number of hydrogen-bond acceptors (Lipinski definition) is 6. The number of hydrogen-bond donors (Lipinski definition) is 0. The summed E-state index contributed by atoms with van der Waals surface area (Å²) in [6.07, 6.45) is -0.816. The minimum Gasteiger partial charge on any atom is -0.497 e. The van der Waals surface area contributed by atoms with E-state index in [2.05, 4.69) is 0 Å². The molecule has 1 aliphatic rings. The van der Waals surface area contributed by atoms with E-state index in [4.69, 9.17) is 14.2 Å². The van der Waals surface area contributed by atoms with Crippen LogP contribution < -0.4 is 19.1 Å². The van der Waals surface area contributed by atoms with Gasteiger partial charge in [-0.2, -0.15) is 0 Å². The maximum Gasteiger partial charge on any atom is 0.271 e. The zero-order valence-electron chi connectivity index (χ0n) is 16.9. The highest BCUT2D eigenvalue weighted by Crippen LogP contribution is 2.44. The summed E-state index contributed by atoms with van der Waals surface area (Å²) < 4.78 is 16.7. The summed E-state index contributed by atoms with van der Waals surface area (Å²) in [6, 6.07) is 19.7. The molecule has 1 aliphatic heterocycles. The van der Waals surface area contributed by atoms with Gasteiger partial charge in [-0.25, -0.2) is 0 Å². The van der Waals surface area contributed by atoms with Crippen LogP contribution in [0.25, 0.3) is 0 Å². The fourth-order valence-corrected chi connectivity index (χ4v) is 3.64. The molecule has 0 radical (unpaired) electrons.